The fourth-order valence-corrected chi connectivity index (χ4v) is 2.83. The van der Waals surface area contributed by atoms with E-state index in [0.29, 0.717) is 35.2 Å². The van der Waals surface area contributed by atoms with Gasteiger partial charge in [-0.15, -0.1) is 0 Å². The SMILES string of the molecule is COC(=O)C(CCSC)NC(=O)CCCOc1ccc(Cl)cc1Cl. The minimum atomic E-state index is -0.610. The summed E-state index contributed by atoms with van der Waals surface area (Å²) in [7, 11) is 1.31. The summed E-state index contributed by atoms with van der Waals surface area (Å²) in [4.78, 5) is 23.6. The first kappa shape index (κ1) is 20.9. The highest BCUT2D eigenvalue weighted by molar-refractivity contribution is 7.98. The summed E-state index contributed by atoms with van der Waals surface area (Å²) in [6, 6.07) is 4.35. The van der Waals surface area contributed by atoms with Crippen LogP contribution in [0.5, 0.6) is 5.75 Å². The molecule has 0 aliphatic rings. The van der Waals surface area contributed by atoms with Crippen LogP contribution in [0.4, 0.5) is 0 Å². The first-order chi connectivity index (χ1) is 11.5. The van der Waals surface area contributed by atoms with Gasteiger partial charge >= 0.3 is 5.97 Å². The van der Waals surface area contributed by atoms with Crippen molar-refractivity contribution in [3.05, 3.63) is 28.2 Å². The zero-order valence-electron chi connectivity index (χ0n) is 13.6. The summed E-state index contributed by atoms with van der Waals surface area (Å²) in [5.41, 5.74) is 0. The molecule has 0 bridgehead atoms. The fraction of sp³-hybridized carbons (Fsp3) is 0.500. The normalized spacial score (nSPS) is 11.7. The maximum Gasteiger partial charge on any atom is 0.328 e. The van der Waals surface area contributed by atoms with E-state index in [2.05, 4.69) is 5.32 Å². The summed E-state index contributed by atoms with van der Waals surface area (Å²) in [5, 5.41) is 3.65. The maximum atomic E-state index is 11.9. The highest BCUT2D eigenvalue weighted by atomic mass is 35.5. The standard InChI is InChI=1S/C16H21Cl2NO4S/c1-22-16(21)13(7-9-24-2)19-15(20)4-3-8-23-14-6-5-11(17)10-12(14)18/h5-6,10,13H,3-4,7-9H2,1-2H3,(H,19,20). The van der Waals surface area contributed by atoms with Crippen LogP contribution < -0.4 is 10.1 Å². The topological polar surface area (TPSA) is 64.6 Å². The summed E-state index contributed by atoms with van der Waals surface area (Å²) >= 11 is 13.4. The Morgan fingerprint density at radius 1 is 1.33 bits per heavy atom. The van der Waals surface area contributed by atoms with Crippen LogP contribution in [-0.2, 0) is 14.3 Å². The van der Waals surface area contributed by atoms with Crippen molar-refractivity contribution < 1.29 is 19.1 Å². The van der Waals surface area contributed by atoms with Gasteiger partial charge in [-0.25, -0.2) is 4.79 Å². The zero-order valence-corrected chi connectivity index (χ0v) is 16.0. The molecule has 134 valence electrons. The molecule has 1 aromatic rings. The van der Waals surface area contributed by atoms with Gasteiger partial charge in [0.05, 0.1) is 18.7 Å². The second kappa shape index (κ2) is 11.4. The molecule has 0 heterocycles. The van der Waals surface area contributed by atoms with Crippen LogP contribution in [0.15, 0.2) is 18.2 Å². The van der Waals surface area contributed by atoms with Crippen LogP contribution in [0.25, 0.3) is 0 Å². The number of esters is 1. The van der Waals surface area contributed by atoms with Crippen LogP contribution >= 0.6 is 35.0 Å². The van der Waals surface area contributed by atoms with Crippen LogP contribution in [0.3, 0.4) is 0 Å². The number of hydrogen-bond acceptors (Lipinski definition) is 5. The van der Waals surface area contributed by atoms with Crippen molar-refractivity contribution in [1.29, 1.82) is 0 Å². The number of halogens is 2. The lowest BCUT2D eigenvalue weighted by Gasteiger charge is -2.16. The molecule has 0 spiro atoms. The Labute approximate surface area is 156 Å². The fourth-order valence-electron chi connectivity index (χ4n) is 1.90. The average molecular weight is 394 g/mol. The molecule has 1 amide bonds. The lowest BCUT2D eigenvalue weighted by molar-refractivity contribution is -0.145. The highest BCUT2D eigenvalue weighted by Crippen LogP contribution is 2.27. The van der Waals surface area contributed by atoms with Crippen LogP contribution in [0, 0.1) is 0 Å². The van der Waals surface area contributed by atoms with Crippen molar-refractivity contribution in [3.8, 4) is 5.75 Å². The Kier molecular flexibility index (Phi) is 9.98. The summed E-state index contributed by atoms with van der Waals surface area (Å²) in [6.45, 7) is 0.336. The lowest BCUT2D eigenvalue weighted by atomic mass is 10.2. The number of carbonyl (C=O) groups excluding carboxylic acids is 2. The number of thioether (sulfide) groups is 1. The number of methoxy groups -OCH3 is 1. The molecule has 1 unspecified atom stereocenters. The third-order valence-corrected chi connectivity index (χ3v) is 4.31. The molecule has 0 saturated carbocycles. The molecular weight excluding hydrogens is 373 g/mol. The predicted octanol–water partition coefficient (Wildman–Crippen LogP) is 3.56. The van der Waals surface area contributed by atoms with Gasteiger partial charge in [-0.3, -0.25) is 4.79 Å². The van der Waals surface area contributed by atoms with Gasteiger partial charge in [-0.1, -0.05) is 23.2 Å². The third kappa shape index (κ3) is 7.64. The van der Waals surface area contributed by atoms with Crippen molar-refractivity contribution >= 4 is 46.8 Å². The smallest absolute Gasteiger partial charge is 0.328 e. The molecule has 1 atom stereocenters. The number of amides is 1. The second-order valence-electron chi connectivity index (χ2n) is 4.95. The van der Waals surface area contributed by atoms with Crippen molar-refractivity contribution in [3.63, 3.8) is 0 Å². The molecular formula is C16H21Cl2NO4S. The molecule has 1 N–H and O–H groups in total. The van der Waals surface area contributed by atoms with Gasteiger partial charge in [0.2, 0.25) is 5.91 Å². The summed E-state index contributed by atoms with van der Waals surface area (Å²) in [6.07, 6.45) is 3.23. The number of ether oxygens (including phenoxy) is 2. The van der Waals surface area contributed by atoms with Crippen molar-refractivity contribution in [2.75, 3.05) is 25.7 Å². The summed E-state index contributed by atoms with van der Waals surface area (Å²) < 4.78 is 10.2. The predicted molar refractivity (Wildman–Crippen MR) is 98.1 cm³/mol. The molecule has 1 aromatic carbocycles. The molecule has 0 saturated heterocycles. The van der Waals surface area contributed by atoms with Crippen LogP contribution in [0.2, 0.25) is 10.0 Å². The molecule has 0 aliphatic carbocycles. The second-order valence-corrected chi connectivity index (χ2v) is 6.78. The quantitative estimate of drug-likeness (QED) is 0.486. The van der Waals surface area contributed by atoms with E-state index in [1.165, 1.54) is 7.11 Å². The number of hydrogen-bond donors (Lipinski definition) is 1. The first-order valence-corrected chi connectivity index (χ1v) is 9.57. The third-order valence-electron chi connectivity index (χ3n) is 3.13. The number of benzene rings is 1. The average Bonchev–Trinajstić information content (AvgIpc) is 2.56. The van der Waals surface area contributed by atoms with Gasteiger partial charge < -0.3 is 14.8 Å². The number of rotatable bonds is 10. The van der Waals surface area contributed by atoms with Gasteiger partial charge in [-0.05, 0) is 43.0 Å². The largest absolute Gasteiger partial charge is 0.492 e. The van der Waals surface area contributed by atoms with E-state index in [-0.39, 0.29) is 12.3 Å². The molecule has 0 radical (unpaired) electrons. The van der Waals surface area contributed by atoms with Crippen molar-refractivity contribution in [1.82, 2.24) is 5.32 Å². The van der Waals surface area contributed by atoms with E-state index < -0.39 is 12.0 Å². The van der Waals surface area contributed by atoms with E-state index in [9.17, 15) is 9.59 Å². The molecule has 24 heavy (non-hydrogen) atoms. The van der Waals surface area contributed by atoms with Crippen molar-refractivity contribution in [2.24, 2.45) is 0 Å². The van der Waals surface area contributed by atoms with Gasteiger partial charge in [0, 0.05) is 11.4 Å². The van der Waals surface area contributed by atoms with Crippen LogP contribution in [-0.4, -0.2) is 43.6 Å². The van der Waals surface area contributed by atoms with E-state index in [4.69, 9.17) is 32.7 Å². The molecule has 5 nitrogen and oxygen atoms in total. The van der Waals surface area contributed by atoms with Crippen LogP contribution in [0.1, 0.15) is 19.3 Å². The molecule has 0 fully saturated rings. The van der Waals surface area contributed by atoms with E-state index in [1.807, 2.05) is 6.26 Å². The number of nitrogens with one attached hydrogen (secondary N) is 1. The Morgan fingerprint density at radius 3 is 2.71 bits per heavy atom. The first-order valence-electron chi connectivity index (χ1n) is 7.42. The molecule has 0 aliphatic heterocycles. The molecule has 8 heteroatoms. The molecule has 0 aromatic heterocycles. The van der Waals surface area contributed by atoms with E-state index in [0.717, 1.165) is 5.75 Å². The number of carbonyl (C=O) groups is 2. The summed E-state index contributed by atoms with van der Waals surface area (Å²) in [5.74, 6) is 0.644. The minimum Gasteiger partial charge on any atom is -0.492 e. The highest BCUT2D eigenvalue weighted by Gasteiger charge is 2.20. The monoisotopic (exact) mass is 393 g/mol. The van der Waals surface area contributed by atoms with Gasteiger partial charge in [0.15, 0.2) is 0 Å². The Balaban J connectivity index is 2.35. The Hall–Kier alpha value is -1.11. The molecule has 1 rings (SSSR count). The lowest BCUT2D eigenvalue weighted by Crippen LogP contribution is -2.41. The van der Waals surface area contributed by atoms with Gasteiger partial charge in [0.25, 0.3) is 0 Å². The zero-order chi connectivity index (χ0) is 17.9. The van der Waals surface area contributed by atoms with Gasteiger partial charge in [-0.2, -0.15) is 11.8 Å². The maximum absolute atomic E-state index is 11.9. The van der Waals surface area contributed by atoms with Crippen molar-refractivity contribution in [2.45, 2.75) is 25.3 Å². The van der Waals surface area contributed by atoms with Gasteiger partial charge in [0.1, 0.15) is 11.8 Å². The minimum absolute atomic E-state index is 0.211. The van der Waals surface area contributed by atoms with E-state index in [1.54, 1.807) is 30.0 Å². The Bertz CT molecular complexity index is 557. The van der Waals surface area contributed by atoms with E-state index >= 15 is 0 Å². The Morgan fingerprint density at radius 2 is 2.08 bits per heavy atom.